The fraction of sp³-hybridized carbons (Fsp3) is 0.500. The van der Waals surface area contributed by atoms with Crippen LogP contribution in [0.5, 0.6) is 0 Å². The molecule has 1 unspecified atom stereocenters. The van der Waals surface area contributed by atoms with Crippen LogP contribution in [0.4, 0.5) is 0 Å². The van der Waals surface area contributed by atoms with Gasteiger partial charge in [-0.2, -0.15) is 0 Å². The lowest BCUT2D eigenvalue weighted by Gasteiger charge is -2.35. The van der Waals surface area contributed by atoms with Crippen molar-refractivity contribution in [3.63, 3.8) is 0 Å². The summed E-state index contributed by atoms with van der Waals surface area (Å²) in [6, 6.07) is 7.83. The summed E-state index contributed by atoms with van der Waals surface area (Å²) in [7, 11) is 0. The van der Waals surface area contributed by atoms with Gasteiger partial charge in [0.2, 0.25) is 0 Å². The van der Waals surface area contributed by atoms with Crippen molar-refractivity contribution in [3.05, 3.63) is 41.6 Å². The summed E-state index contributed by atoms with van der Waals surface area (Å²) >= 11 is 0. The number of carbonyl (C=O) groups excluding carboxylic acids is 1. The van der Waals surface area contributed by atoms with E-state index in [4.69, 9.17) is 4.52 Å². The third-order valence-electron chi connectivity index (χ3n) is 4.78. The van der Waals surface area contributed by atoms with Gasteiger partial charge in [-0.3, -0.25) is 4.79 Å². The van der Waals surface area contributed by atoms with E-state index in [-0.39, 0.29) is 5.91 Å². The number of benzene rings is 1. The zero-order valence-corrected chi connectivity index (χ0v) is 15.2. The predicted molar refractivity (Wildman–Crippen MR) is 96.2 cm³/mol. The smallest absolute Gasteiger partial charge is 0.259 e. The molecule has 1 aliphatic heterocycles. The van der Waals surface area contributed by atoms with Crippen molar-refractivity contribution < 1.29 is 14.4 Å². The van der Waals surface area contributed by atoms with Gasteiger partial charge in [0, 0.05) is 18.7 Å². The molecule has 1 atom stereocenters. The van der Waals surface area contributed by atoms with Crippen molar-refractivity contribution in [2.45, 2.75) is 45.6 Å². The lowest BCUT2D eigenvalue weighted by Crippen LogP contribution is -2.41. The number of amides is 1. The van der Waals surface area contributed by atoms with Crippen molar-refractivity contribution >= 4 is 5.91 Å². The molecular weight excluding hydrogens is 316 g/mol. The average molecular weight is 342 g/mol. The molecule has 0 saturated carbocycles. The summed E-state index contributed by atoms with van der Waals surface area (Å²) in [6.07, 6.45) is 4.22. The van der Waals surface area contributed by atoms with Crippen molar-refractivity contribution in [3.8, 4) is 11.3 Å². The highest BCUT2D eigenvalue weighted by Crippen LogP contribution is 2.30. The van der Waals surface area contributed by atoms with Crippen molar-refractivity contribution in [1.82, 2.24) is 10.1 Å². The maximum absolute atomic E-state index is 13.0. The van der Waals surface area contributed by atoms with Gasteiger partial charge in [0.1, 0.15) is 5.56 Å². The molecule has 1 amide bonds. The van der Waals surface area contributed by atoms with Gasteiger partial charge in [0.05, 0.1) is 11.8 Å². The number of likely N-dealkylation sites (tertiary alicyclic amines) is 1. The Bertz CT molecular complexity index is 745. The largest absolute Gasteiger partial charge is 0.390 e. The summed E-state index contributed by atoms with van der Waals surface area (Å²) < 4.78 is 5.41. The molecule has 25 heavy (non-hydrogen) atoms. The van der Waals surface area contributed by atoms with Gasteiger partial charge < -0.3 is 14.5 Å². The van der Waals surface area contributed by atoms with E-state index in [1.165, 1.54) is 6.20 Å². The maximum Gasteiger partial charge on any atom is 0.259 e. The standard InChI is InChI=1S/C20H26N2O3/c1-14-7-4-5-9-16(14)18-17(12-21-25-18)19(23)22-10-6-8-15(13-22)11-20(2,3)24/h4-5,7,9,12,15,24H,6,8,10-11,13H2,1-3H3. The number of nitrogens with zero attached hydrogens (tertiary/aromatic N) is 2. The van der Waals surface area contributed by atoms with Gasteiger partial charge in [-0.25, -0.2) is 0 Å². The third kappa shape index (κ3) is 4.10. The van der Waals surface area contributed by atoms with Gasteiger partial charge in [0.15, 0.2) is 5.76 Å². The Kier molecular flexibility index (Phi) is 4.95. The normalized spacial score (nSPS) is 18.4. The van der Waals surface area contributed by atoms with Gasteiger partial charge >= 0.3 is 0 Å². The molecule has 1 aromatic heterocycles. The van der Waals surface area contributed by atoms with Gasteiger partial charge in [-0.1, -0.05) is 29.4 Å². The zero-order chi connectivity index (χ0) is 18.0. The molecule has 1 aliphatic rings. The quantitative estimate of drug-likeness (QED) is 0.921. The molecular formula is C20H26N2O3. The number of aryl methyl sites for hydroxylation is 1. The number of aromatic nitrogens is 1. The van der Waals surface area contributed by atoms with Crippen LogP contribution in [0.1, 0.15) is 49.0 Å². The van der Waals surface area contributed by atoms with Gasteiger partial charge in [-0.15, -0.1) is 0 Å². The lowest BCUT2D eigenvalue weighted by molar-refractivity contribution is 0.0310. The molecule has 2 heterocycles. The van der Waals surface area contributed by atoms with Crippen LogP contribution in [0.3, 0.4) is 0 Å². The number of rotatable bonds is 4. The number of hydrogen-bond donors (Lipinski definition) is 1. The van der Waals surface area contributed by atoms with E-state index in [0.717, 1.165) is 30.5 Å². The second kappa shape index (κ2) is 7.00. The molecule has 1 aromatic carbocycles. The zero-order valence-electron chi connectivity index (χ0n) is 15.2. The summed E-state index contributed by atoms with van der Waals surface area (Å²) in [5, 5.41) is 13.9. The molecule has 0 bridgehead atoms. The predicted octanol–water partition coefficient (Wildman–Crippen LogP) is 3.66. The lowest BCUT2D eigenvalue weighted by atomic mass is 9.87. The average Bonchev–Trinajstić information content (AvgIpc) is 3.02. The van der Waals surface area contributed by atoms with Crippen LogP contribution >= 0.6 is 0 Å². The van der Waals surface area contributed by atoms with Crippen LogP contribution < -0.4 is 0 Å². The van der Waals surface area contributed by atoms with Crippen LogP contribution in [0, 0.1) is 12.8 Å². The van der Waals surface area contributed by atoms with E-state index in [1.54, 1.807) is 0 Å². The van der Waals surface area contributed by atoms with Crippen molar-refractivity contribution in [1.29, 1.82) is 0 Å². The van der Waals surface area contributed by atoms with E-state index in [9.17, 15) is 9.90 Å². The highest BCUT2D eigenvalue weighted by molar-refractivity contribution is 5.99. The Hall–Kier alpha value is -2.14. The van der Waals surface area contributed by atoms with E-state index in [1.807, 2.05) is 49.9 Å². The fourth-order valence-electron chi connectivity index (χ4n) is 3.71. The maximum atomic E-state index is 13.0. The Morgan fingerprint density at radius 2 is 2.16 bits per heavy atom. The monoisotopic (exact) mass is 342 g/mol. The van der Waals surface area contributed by atoms with Gasteiger partial charge in [0.25, 0.3) is 5.91 Å². The molecule has 2 aromatic rings. The third-order valence-corrected chi connectivity index (χ3v) is 4.78. The summed E-state index contributed by atoms with van der Waals surface area (Å²) in [4.78, 5) is 14.9. The Balaban J connectivity index is 1.80. The minimum atomic E-state index is -0.708. The summed E-state index contributed by atoms with van der Waals surface area (Å²) in [5.74, 6) is 0.812. The molecule has 3 rings (SSSR count). The van der Waals surface area contributed by atoms with E-state index < -0.39 is 5.60 Å². The first-order valence-electron chi connectivity index (χ1n) is 8.87. The molecule has 1 N–H and O–H groups in total. The number of hydrogen-bond acceptors (Lipinski definition) is 4. The van der Waals surface area contributed by atoms with Crippen LogP contribution in [-0.4, -0.2) is 39.8 Å². The fourth-order valence-corrected chi connectivity index (χ4v) is 3.71. The molecule has 0 radical (unpaired) electrons. The van der Waals surface area contributed by atoms with Crippen LogP contribution in [-0.2, 0) is 0 Å². The summed E-state index contributed by atoms with van der Waals surface area (Å²) in [5.41, 5.74) is 1.75. The SMILES string of the molecule is Cc1ccccc1-c1oncc1C(=O)N1CCCC(CC(C)(C)O)C1. The molecule has 0 aliphatic carbocycles. The van der Waals surface area contributed by atoms with Crippen LogP contribution in [0.15, 0.2) is 35.0 Å². The summed E-state index contributed by atoms with van der Waals surface area (Å²) in [6.45, 7) is 7.04. The first-order chi connectivity index (χ1) is 11.8. The molecule has 1 fully saturated rings. The molecule has 5 nitrogen and oxygen atoms in total. The van der Waals surface area contributed by atoms with Crippen molar-refractivity contribution in [2.24, 2.45) is 5.92 Å². The minimum Gasteiger partial charge on any atom is -0.390 e. The number of piperidine rings is 1. The molecule has 134 valence electrons. The van der Waals surface area contributed by atoms with E-state index >= 15 is 0 Å². The molecule has 0 spiro atoms. The second-order valence-electron chi connectivity index (χ2n) is 7.66. The first-order valence-corrected chi connectivity index (χ1v) is 8.87. The Labute approximate surface area is 148 Å². The second-order valence-corrected chi connectivity index (χ2v) is 7.66. The number of carbonyl (C=O) groups is 1. The minimum absolute atomic E-state index is 0.0417. The van der Waals surface area contributed by atoms with Gasteiger partial charge in [-0.05, 0) is 51.5 Å². The number of aliphatic hydroxyl groups is 1. The highest BCUT2D eigenvalue weighted by Gasteiger charge is 2.30. The molecule has 5 heteroatoms. The van der Waals surface area contributed by atoms with E-state index in [2.05, 4.69) is 5.16 Å². The van der Waals surface area contributed by atoms with Crippen LogP contribution in [0.25, 0.3) is 11.3 Å². The topological polar surface area (TPSA) is 66.6 Å². The Morgan fingerprint density at radius 1 is 1.40 bits per heavy atom. The molecule has 1 saturated heterocycles. The van der Waals surface area contributed by atoms with Crippen molar-refractivity contribution in [2.75, 3.05) is 13.1 Å². The first kappa shape index (κ1) is 17.7. The Morgan fingerprint density at radius 3 is 2.88 bits per heavy atom. The highest BCUT2D eigenvalue weighted by atomic mass is 16.5. The van der Waals surface area contributed by atoms with E-state index in [0.29, 0.717) is 30.2 Å². The van der Waals surface area contributed by atoms with Crippen LogP contribution in [0.2, 0.25) is 0 Å².